The van der Waals surface area contributed by atoms with Gasteiger partial charge in [-0.1, -0.05) is 25.1 Å². The molecule has 0 spiro atoms. The quantitative estimate of drug-likeness (QED) is 0.292. The van der Waals surface area contributed by atoms with Crippen LogP contribution in [0.15, 0.2) is 45.2 Å². The Morgan fingerprint density at radius 2 is 1.90 bits per heavy atom. The first-order valence-electron chi connectivity index (χ1n) is 14.3. The lowest BCUT2D eigenvalue weighted by atomic mass is 9.94. The predicted octanol–water partition coefficient (Wildman–Crippen LogP) is 6.99. The zero-order valence-corrected chi connectivity index (χ0v) is 26.4. The van der Waals surface area contributed by atoms with E-state index in [1.165, 1.54) is 4.91 Å². The van der Waals surface area contributed by atoms with Crippen LogP contribution in [0.3, 0.4) is 0 Å². The van der Waals surface area contributed by atoms with Crippen LogP contribution < -0.4 is 10.1 Å². The molecule has 1 aromatic heterocycles. The van der Waals surface area contributed by atoms with Crippen LogP contribution >= 0.6 is 11.8 Å². The van der Waals surface area contributed by atoms with Gasteiger partial charge < -0.3 is 19.7 Å². The number of para-hydroxylation sites is 1. The van der Waals surface area contributed by atoms with Crippen LogP contribution in [-0.2, 0) is 4.74 Å². The predicted molar refractivity (Wildman–Crippen MR) is 169 cm³/mol. The maximum absolute atomic E-state index is 12.5. The minimum Gasteiger partial charge on any atom is -0.496 e. The molecule has 0 bridgehead atoms. The summed E-state index contributed by atoms with van der Waals surface area (Å²) in [5.74, 6) is 2.37. The van der Waals surface area contributed by atoms with Crippen LogP contribution in [0.5, 0.6) is 5.75 Å². The Hall–Kier alpha value is -3.27. The summed E-state index contributed by atoms with van der Waals surface area (Å²) in [6, 6.07) is 10.2. The zero-order chi connectivity index (χ0) is 29.9. The molecule has 10 heteroatoms. The number of thioether (sulfide) groups is 1. The summed E-state index contributed by atoms with van der Waals surface area (Å²) in [6.45, 7) is 19.3. The molecule has 41 heavy (non-hydrogen) atoms. The summed E-state index contributed by atoms with van der Waals surface area (Å²) < 4.78 is 13.2. The van der Waals surface area contributed by atoms with E-state index in [2.05, 4.69) is 56.9 Å². The van der Waals surface area contributed by atoms with Crippen molar-refractivity contribution in [2.75, 3.05) is 25.5 Å². The number of nitrogens with one attached hydrogen (secondary N) is 1. The molecule has 0 saturated carbocycles. The zero-order valence-electron chi connectivity index (χ0n) is 25.6. The SMILES string of the molecule is C=NC(=NC1C(c2ccccc2OC)=C(C)SC1C)Nc1cc(C2CCN(C(=O)OC(C)(C)C)CC2)nn1C(C)C. The minimum atomic E-state index is -0.500. The Balaban J connectivity index is 1.54. The van der Waals surface area contributed by atoms with E-state index < -0.39 is 5.60 Å². The second-order valence-corrected chi connectivity index (χ2v) is 13.5. The number of ether oxygens (including phenoxy) is 2. The van der Waals surface area contributed by atoms with E-state index in [0.29, 0.717) is 19.0 Å². The second-order valence-electron chi connectivity index (χ2n) is 11.9. The number of nitrogens with zero attached hydrogens (tertiary/aromatic N) is 5. The van der Waals surface area contributed by atoms with E-state index in [0.717, 1.165) is 41.2 Å². The number of guanidine groups is 1. The summed E-state index contributed by atoms with van der Waals surface area (Å²) >= 11 is 1.82. The number of hydrogen-bond acceptors (Lipinski definition) is 6. The number of benzene rings is 1. The van der Waals surface area contributed by atoms with Crippen molar-refractivity contribution in [3.8, 4) is 5.75 Å². The van der Waals surface area contributed by atoms with Crippen molar-refractivity contribution in [2.24, 2.45) is 9.98 Å². The van der Waals surface area contributed by atoms with Gasteiger partial charge in [0.2, 0.25) is 5.96 Å². The van der Waals surface area contributed by atoms with Gasteiger partial charge in [-0.3, -0.25) is 0 Å². The van der Waals surface area contributed by atoms with Crippen LogP contribution in [-0.4, -0.2) is 70.5 Å². The molecule has 1 fully saturated rings. The Bertz CT molecular complexity index is 1320. The molecule has 0 aliphatic carbocycles. The number of hydrogen-bond donors (Lipinski definition) is 1. The minimum absolute atomic E-state index is 0.114. The number of aliphatic imine (C=N–C) groups is 2. The summed E-state index contributed by atoms with van der Waals surface area (Å²) in [7, 11) is 1.70. The monoisotopic (exact) mass is 580 g/mol. The van der Waals surface area contributed by atoms with Gasteiger partial charge in [-0.2, -0.15) is 5.10 Å². The molecule has 0 radical (unpaired) electrons. The van der Waals surface area contributed by atoms with Crippen LogP contribution in [0.2, 0.25) is 0 Å². The average molecular weight is 581 g/mol. The summed E-state index contributed by atoms with van der Waals surface area (Å²) in [5.41, 5.74) is 2.70. The first-order valence-corrected chi connectivity index (χ1v) is 15.2. The molecule has 1 N–H and O–H groups in total. The number of methoxy groups -OCH3 is 1. The Labute approximate surface area is 248 Å². The number of amides is 1. The lowest BCUT2D eigenvalue weighted by Crippen LogP contribution is -2.41. The van der Waals surface area contributed by atoms with Gasteiger partial charge in [0.15, 0.2) is 0 Å². The van der Waals surface area contributed by atoms with Crippen LogP contribution in [0.4, 0.5) is 10.6 Å². The van der Waals surface area contributed by atoms with E-state index in [4.69, 9.17) is 19.6 Å². The van der Waals surface area contributed by atoms with Crippen LogP contribution in [0.25, 0.3) is 5.57 Å². The molecular weight excluding hydrogens is 536 g/mol. The standard InChI is InChI=1S/C31H44N6O3S/c1-19(2)37-26(18-24(35-37)22-14-16-36(17-15-22)30(38)40-31(5,6)7)33-29(32-8)34-28-21(4)41-20(3)27(28)23-12-10-11-13-25(23)39-9/h10-13,18-19,21-22,28H,8,14-17H2,1-7,9H3,(H,33,34). The Morgan fingerprint density at radius 1 is 1.22 bits per heavy atom. The molecule has 4 rings (SSSR count). The van der Waals surface area contributed by atoms with Gasteiger partial charge in [-0.05, 0) is 77.6 Å². The molecule has 2 aliphatic rings. The number of carbonyl (C=O) groups excluding carboxylic acids is 1. The molecule has 222 valence electrons. The topological polar surface area (TPSA) is 93.3 Å². The number of allylic oxidation sites excluding steroid dienone is 1. The molecule has 1 saturated heterocycles. The molecular formula is C31H44N6O3S. The van der Waals surface area contributed by atoms with Crippen molar-refractivity contribution < 1.29 is 14.3 Å². The Kier molecular flexibility index (Phi) is 9.51. The second kappa shape index (κ2) is 12.7. The third kappa shape index (κ3) is 7.15. The molecule has 2 aliphatic heterocycles. The lowest BCUT2D eigenvalue weighted by molar-refractivity contribution is 0.0204. The number of aromatic nitrogens is 2. The largest absolute Gasteiger partial charge is 0.496 e. The fraction of sp³-hybridized carbons (Fsp3) is 0.548. The van der Waals surface area contributed by atoms with Gasteiger partial charge >= 0.3 is 6.09 Å². The van der Waals surface area contributed by atoms with E-state index in [9.17, 15) is 4.79 Å². The molecule has 1 aromatic carbocycles. The molecule has 9 nitrogen and oxygen atoms in total. The molecule has 2 unspecified atom stereocenters. The van der Waals surface area contributed by atoms with E-state index >= 15 is 0 Å². The van der Waals surface area contributed by atoms with Gasteiger partial charge in [0, 0.05) is 41.9 Å². The summed E-state index contributed by atoms with van der Waals surface area (Å²) in [5, 5.41) is 8.62. The highest BCUT2D eigenvalue weighted by atomic mass is 32.2. The molecule has 2 aromatic rings. The normalized spacial score (nSPS) is 20.5. The van der Waals surface area contributed by atoms with Crippen molar-refractivity contribution in [1.29, 1.82) is 0 Å². The average Bonchev–Trinajstić information content (AvgIpc) is 3.47. The van der Waals surface area contributed by atoms with Gasteiger partial charge in [0.05, 0.1) is 18.8 Å². The van der Waals surface area contributed by atoms with Crippen molar-refractivity contribution >= 4 is 41.9 Å². The van der Waals surface area contributed by atoms with Crippen molar-refractivity contribution in [3.63, 3.8) is 0 Å². The summed E-state index contributed by atoms with van der Waals surface area (Å²) in [4.78, 5) is 24.9. The van der Waals surface area contributed by atoms with Gasteiger partial charge in [-0.15, -0.1) is 11.8 Å². The third-order valence-electron chi connectivity index (χ3n) is 7.34. The lowest BCUT2D eigenvalue weighted by Gasteiger charge is -2.32. The van der Waals surface area contributed by atoms with Crippen LogP contribution in [0, 0.1) is 0 Å². The molecule has 1 amide bonds. The highest BCUT2D eigenvalue weighted by Crippen LogP contribution is 2.46. The van der Waals surface area contributed by atoms with Crippen molar-refractivity contribution in [3.05, 3.63) is 46.5 Å². The van der Waals surface area contributed by atoms with Gasteiger partial charge in [0.1, 0.15) is 17.2 Å². The highest BCUT2D eigenvalue weighted by molar-refractivity contribution is 8.04. The van der Waals surface area contributed by atoms with E-state index in [-0.39, 0.29) is 29.3 Å². The number of likely N-dealkylation sites (tertiary alicyclic amines) is 1. The maximum Gasteiger partial charge on any atom is 0.410 e. The smallest absolute Gasteiger partial charge is 0.410 e. The summed E-state index contributed by atoms with van der Waals surface area (Å²) in [6.07, 6.45) is 1.41. The van der Waals surface area contributed by atoms with Gasteiger partial charge in [-0.25, -0.2) is 19.5 Å². The molecule has 3 heterocycles. The van der Waals surface area contributed by atoms with E-state index in [1.54, 1.807) is 12.0 Å². The van der Waals surface area contributed by atoms with E-state index in [1.807, 2.05) is 55.4 Å². The van der Waals surface area contributed by atoms with Crippen molar-refractivity contribution in [1.82, 2.24) is 14.7 Å². The highest BCUT2D eigenvalue weighted by Gasteiger charge is 2.34. The van der Waals surface area contributed by atoms with Gasteiger partial charge in [0.25, 0.3) is 0 Å². The van der Waals surface area contributed by atoms with Crippen LogP contribution in [0.1, 0.15) is 84.5 Å². The number of rotatable bonds is 6. The fourth-order valence-electron chi connectivity index (χ4n) is 5.38. The van der Waals surface area contributed by atoms with Crippen molar-refractivity contribution in [2.45, 2.75) is 90.2 Å². The fourth-order valence-corrected chi connectivity index (χ4v) is 6.62. The Morgan fingerprint density at radius 3 is 2.51 bits per heavy atom. The molecule has 2 atom stereocenters. The number of anilines is 1. The third-order valence-corrected chi connectivity index (χ3v) is 8.54. The number of piperidine rings is 1. The first-order chi connectivity index (χ1) is 19.4. The maximum atomic E-state index is 12.5. The number of carbonyl (C=O) groups is 1. The first kappa shape index (κ1) is 30.7.